The number of rotatable bonds is 11. The van der Waals surface area contributed by atoms with Crippen LogP contribution in [0.25, 0.3) is 11.1 Å². The molecule has 1 amide bonds. The number of aliphatic hydroxyl groups is 1. The number of hydrogen-bond donors (Lipinski definition) is 2. The van der Waals surface area contributed by atoms with Crippen LogP contribution >= 0.6 is 0 Å². The van der Waals surface area contributed by atoms with Crippen LogP contribution in [-0.2, 0) is 22.6 Å². The zero-order valence-electron chi connectivity index (χ0n) is 23.9. The van der Waals surface area contributed by atoms with E-state index in [4.69, 9.17) is 9.47 Å². The number of pyridine rings is 1. The molecule has 1 aromatic heterocycles. The van der Waals surface area contributed by atoms with Crippen molar-refractivity contribution in [2.75, 3.05) is 20.1 Å². The lowest BCUT2D eigenvalue weighted by atomic mass is 9.98. The van der Waals surface area contributed by atoms with Crippen molar-refractivity contribution in [3.8, 4) is 11.1 Å². The minimum Gasteiger partial charge on any atom is -0.392 e. The van der Waals surface area contributed by atoms with E-state index in [0.29, 0.717) is 12.1 Å². The minimum atomic E-state index is -0.537. The summed E-state index contributed by atoms with van der Waals surface area (Å²) in [5.74, 6) is -0.157. The second-order valence-electron chi connectivity index (χ2n) is 10.6. The number of hydrogen-bond acceptors (Lipinski definition) is 6. The van der Waals surface area contributed by atoms with E-state index in [1.54, 1.807) is 24.5 Å². The van der Waals surface area contributed by atoms with Crippen molar-refractivity contribution in [1.29, 1.82) is 0 Å². The van der Waals surface area contributed by atoms with Crippen LogP contribution in [0.4, 0.5) is 0 Å². The van der Waals surface area contributed by atoms with Crippen molar-refractivity contribution in [2.24, 2.45) is 0 Å². The molecule has 3 atom stereocenters. The third-order valence-electron chi connectivity index (χ3n) is 7.37. The summed E-state index contributed by atoms with van der Waals surface area (Å²) in [7, 11) is 2.06. The van der Waals surface area contributed by atoms with Crippen molar-refractivity contribution in [2.45, 2.75) is 38.1 Å². The highest BCUT2D eigenvalue weighted by Crippen LogP contribution is 2.39. The van der Waals surface area contributed by atoms with E-state index >= 15 is 0 Å². The van der Waals surface area contributed by atoms with Crippen LogP contribution in [0.1, 0.15) is 51.4 Å². The Morgan fingerprint density at radius 2 is 1.79 bits per heavy atom. The van der Waals surface area contributed by atoms with Gasteiger partial charge in [-0.3, -0.25) is 9.78 Å². The number of carbonyl (C=O) groups is 1. The Morgan fingerprint density at radius 3 is 2.52 bits per heavy atom. The average molecular weight is 564 g/mol. The molecule has 1 saturated heterocycles. The smallest absolute Gasteiger partial charge is 0.253 e. The molecule has 7 nitrogen and oxygen atoms in total. The first-order chi connectivity index (χ1) is 20.5. The zero-order valence-corrected chi connectivity index (χ0v) is 23.9. The second-order valence-corrected chi connectivity index (χ2v) is 10.6. The third-order valence-corrected chi connectivity index (χ3v) is 7.37. The summed E-state index contributed by atoms with van der Waals surface area (Å²) < 4.78 is 13.1. The van der Waals surface area contributed by atoms with Crippen molar-refractivity contribution in [3.63, 3.8) is 0 Å². The summed E-state index contributed by atoms with van der Waals surface area (Å²) in [6, 6.07) is 27.8. The first-order valence-electron chi connectivity index (χ1n) is 14.2. The van der Waals surface area contributed by atoms with Gasteiger partial charge in [-0.15, -0.1) is 6.58 Å². The number of nitrogens with zero attached hydrogens (tertiary/aromatic N) is 2. The SMILES string of the molecule is C=CCN(C)C[C@@H]1C[C@H](c2ccc(CO)cc2)O[C@H](c2cccc(-c3cccc(CNC(=O)c4cccnc4)c3)c2)O1. The molecule has 216 valence electrons. The molecule has 0 unspecified atom stereocenters. The van der Waals surface area contributed by atoms with Gasteiger partial charge in [0.15, 0.2) is 6.29 Å². The molecule has 0 aliphatic carbocycles. The molecule has 1 aliphatic heterocycles. The van der Waals surface area contributed by atoms with E-state index in [1.807, 2.05) is 54.6 Å². The second kappa shape index (κ2) is 14.2. The maximum atomic E-state index is 12.5. The van der Waals surface area contributed by atoms with Crippen LogP contribution in [0.5, 0.6) is 0 Å². The molecular formula is C35H37N3O4. The normalized spacial score (nSPS) is 18.5. The van der Waals surface area contributed by atoms with Crippen LogP contribution in [0.2, 0.25) is 0 Å². The molecule has 1 fully saturated rings. The zero-order chi connectivity index (χ0) is 29.3. The quantitative estimate of drug-likeness (QED) is 0.223. The monoisotopic (exact) mass is 563 g/mol. The maximum absolute atomic E-state index is 12.5. The molecule has 2 N–H and O–H groups in total. The fourth-order valence-corrected chi connectivity index (χ4v) is 5.18. The molecule has 0 radical (unpaired) electrons. The molecule has 0 spiro atoms. The topological polar surface area (TPSA) is 83.9 Å². The van der Waals surface area contributed by atoms with Gasteiger partial charge < -0.3 is 24.8 Å². The van der Waals surface area contributed by atoms with Gasteiger partial charge in [0.2, 0.25) is 0 Å². The molecule has 0 saturated carbocycles. The Hall–Kier alpha value is -4.14. The number of ether oxygens (including phenoxy) is 2. The predicted octanol–water partition coefficient (Wildman–Crippen LogP) is 5.83. The highest BCUT2D eigenvalue weighted by molar-refractivity contribution is 5.93. The van der Waals surface area contributed by atoms with Gasteiger partial charge in [0.05, 0.1) is 24.4 Å². The summed E-state index contributed by atoms with van der Waals surface area (Å²) in [6.07, 6.45) is 5.11. The Balaban J connectivity index is 1.34. The standard InChI is InChI=1S/C35H37N3O4/c1-3-17-38(2)23-32-20-33(27-14-12-25(24-39)13-15-27)42-35(41-32)30-10-5-9-29(19-30)28-8-4-7-26(18-28)21-37-34(40)31-11-6-16-36-22-31/h3-16,18-19,22,32-33,35,39H,1,17,20-21,23-24H2,2H3,(H,37,40)/t32-,33+,35+/m0/s1. The van der Waals surface area contributed by atoms with Gasteiger partial charge >= 0.3 is 0 Å². The fourth-order valence-electron chi connectivity index (χ4n) is 5.18. The molecule has 1 aliphatic rings. The molecule has 0 bridgehead atoms. The van der Waals surface area contributed by atoms with E-state index in [0.717, 1.165) is 52.9 Å². The molecule has 4 aromatic rings. The Labute approximate surface area is 247 Å². The summed E-state index contributed by atoms with van der Waals surface area (Å²) in [4.78, 5) is 18.7. The fraction of sp³-hybridized carbons (Fsp3) is 0.257. The summed E-state index contributed by atoms with van der Waals surface area (Å²) in [5.41, 5.74) is 6.48. The van der Waals surface area contributed by atoms with Crippen LogP contribution in [0, 0.1) is 0 Å². The number of aromatic nitrogens is 1. The van der Waals surface area contributed by atoms with Gasteiger partial charge in [0, 0.05) is 44.0 Å². The van der Waals surface area contributed by atoms with Gasteiger partial charge in [-0.1, -0.05) is 66.7 Å². The van der Waals surface area contributed by atoms with E-state index in [2.05, 4.69) is 53.1 Å². The molecule has 42 heavy (non-hydrogen) atoms. The summed E-state index contributed by atoms with van der Waals surface area (Å²) in [5, 5.41) is 12.4. The highest BCUT2D eigenvalue weighted by Gasteiger charge is 2.32. The molecular weight excluding hydrogens is 526 g/mol. The number of amides is 1. The Morgan fingerprint density at radius 1 is 1.00 bits per heavy atom. The maximum Gasteiger partial charge on any atom is 0.253 e. The number of nitrogens with one attached hydrogen (secondary N) is 1. The van der Waals surface area contributed by atoms with Crippen molar-refractivity contribution >= 4 is 5.91 Å². The Bertz CT molecular complexity index is 1480. The summed E-state index contributed by atoms with van der Waals surface area (Å²) >= 11 is 0. The number of benzene rings is 3. The van der Waals surface area contributed by atoms with Crippen LogP contribution in [0.3, 0.4) is 0 Å². The van der Waals surface area contributed by atoms with Gasteiger partial charge in [0.25, 0.3) is 5.91 Å². The van der Waals surface area contributed by atoms with Crippen LogP contribution < -0.4 is 5.32 Å². The first kappa shape index (κ1) is 29.4. The Kier molecular flexibility index (Phi) is 9.90. The van der Waals surface area contributed by atoms with E-state index in [1.165, 1.54) is 0 Å². The molecule has 7 heteroatoms. The highest BCUT2D eigenvalue weighted by atomic mass is 16.7. The lowest BCUT2D eigenvalue weighted by Crippen LogP contribution is -2.37. The largest absolute Gasteiger partial charge is 0.392 e. The molecule has 2 heterocycles. The average Bonchev–Trinajstić information content (AvgIpc) is 3.04. The van der Waals surface area contributed by atoms with Crippen molar-refractivity contribution in [1.82, 2.24) is 15.2 Å². The van der Waals surface area contributed by atoms with E-state index in [-0.39, 0.29) is 24.7 Å². The predicted molar refractivity (Wildman–Crippen MR) is 163 cm³/mol. The van der Waals surface area contributed by atoms with Gasteiger partial charge in [0.1, 0.15) is 0 Å². The van der Waals surface area contributed by atoms with Crippen molar-refractivity contribution < 1.29 is 19.4 Å². The molecule has 3 aromatic carbocycles. The number of carbonyl (C=O) groups excluding carboxylic acids is 1. The minimum absolute atomic E-state index is 0.0113. The van der Waals surface area contributed by atoms with Crippen LogP contribution in [-0.4, -0.2) is 47.1 Å². The number of likely N-dealkylation sites (N-methyl/N-ethyl adjacent to an activating group) is 1. The summed E-state index contributed by atoms with van der Waals surface area (Å²) in [6.45, 7) is 5.81. The van der Waals surface area contributed by atoms with Crippen molar-refractivity contribution in [3.05, 3.63) is 138 Å². The van der Waals surface area contributed by atoms with Crippen LogP contribution in [0.15, 0.2) is 110 Å². The van der Waals surface area contributed by atoms with E-state index in [9.17, 15) is 9.90 Å². The first-order valence-corrected chi connectivity index (χ1v) is 14.2. The lowest BCUT2D eigenvalue weighted by Gasteiger charge is -2.37. The van der Waals surface area contributed by atoms with Gasteiger partial charge in [-0.05, 0) is 59.1 Å². The number of aliphatic hydroxyl groups excluding tert-OH is 1. The molecule has 5 rings (SSSR count). The van der Waals surface area contributed by atoms with Gasteiger partial charge in [-0.25, -0.2) is 0 Å². The van der Waals surface area contributed by atoms with E-state index < -0.39 is 6.29 Å². The van der Waals surface area contributed by atoms with Gasteiger partial charge in [-0.2, -0.15) is 0 Å². The lowest BCUT2D eigenvalue weighted by molar-refractivity contribution is -0.252. The third kappa shape index (κ3) is 7.57.